The van der Waals surface area contributed by atoms with Gasteiger partial charge in [0.1, 0.15) is 0 Å². The van der Waals surface area contributed by atoms with Gasteiger partial charge in [-0.3, -0.25) is 0 Å². The molecule has 3 N–H and O–H groups in total. The second-order valence-corrected chi connectivity index (χ2v) is 4.76. The van der Waals surface area contributed by atoms with Crippen LogP contribution in [0.5, 0.6) is 11.5 Å². The maximum absolute atomic E-state index is 5.96. The van der Waals surface area contributed by atoms with Crippen LogP contribution in [0.2, 0.25) is 0 Å². The number of ether oxygens (including phenoxy) is 2. The van der Waals surface area contributed by atoms with E-state index in [1.54, 1.807) is 20.3 Å². The molecule has 18 heavy (non-hydrogen) atoms. The number of hydrogen-bond donors (Lipinski definition) is 2. The number of nitrogens with one attached hydrogen (secondary N) is 1. The Hall–Kier alpha value is -1.58. The van der Waals surface area contributed by atoms with Gasteiger partial charge >= 0.3 is 0 Å². The molecule has 0 radical (unpaired) electrons. The van der Waals surface area contributed by atoms with Gasteiger partial charge < -0.3 is 20.5 Å². The molecule has 0 amide bonds. The first-order chi connectivity index (χ1) is 8.58. The van der Waals surface area contributed by atoms with Crippen LogP contribution >= 0.6 is 0 Å². The molecule has 0 aliphatic carbocycles. The van der Waals surface area contributed by atoms with Gasteiger partial charge in [-0.2, -0.15) is 0 Å². The third-order valence-corrected chi connectivity index (χ3v) is 2.83. The van der Waals surface area contributed by atoms with Crippen molar-refractivity contribution in [2.75, 3.05) is 31.8 Å². The molecule has 1 aromatic rings. The Morgan fingerprint density at radius 2 is 1.78 bits per heavy atom. The van der Waals surface area contributed by atoms with E-state index in [1.807, 2.05) is 6.07 Å². The van der Waals surface area contributed by atoms with Crippen LogP contribution in [0.15, 0.2) is 12.1 Å². The molecule has 0 heterocycles. The summed E-state index contributed by atoms with van der Waals surface area (Å²) in [4.78, 5) is 0. The fraction of sp³-hybridized carbons (Fsp3) is 0.571. The van der Waals surface area contributed by atoms with E-state index >= 15 is 0 Å². The first-order valence-corrected chi connectivity index (χ1v) is 6.33. The number of benzene rings is 1. The minimum Gasteiger partial charge on any atom is -0.493 e. The van der Waals surface area contributed by atoms with Gasteiger partial charge in [0.05, 0.1) is 25.6 Å². The van der Waals surface area contributed by atoms with Crippen molar-refractivity contribution in [1.29, 1.82) is 0 Å². The topological polar surface area (TPSA) is 56.5 Å². The van der Waals surface area contributed by atoms with Crippen molar-refractivity contribution in [3.05, 3.63) is 12.1 Å². The minimum atomic E-state index is 0.655. The summed E-state index contributed by atoms with van der Waals surface area (Å²) in [5.74, 6) is 2.08. The molecule has 1 aromatic carbocycles. The van der Waals surface area contributed by atoms with E-state index in [2.05, 4.69) is 19.2 Å². The Kier molecular flexibility index (Phi) is 5.62. The van der Waals surface area contributed by atoms with E-state index in [0.29, 0.717) is 17.2 Å². The van der Waals surface area contributed by atoms with Crippen LogP contribution in [0.1, 0.15) is 26.7 Å². The summed E-state index contributed by atoms with van der Waals surface area (Å²) in [5, 5.41) is 3.33. The van der Waals surface area contributed by atoms with Gasteiger partial charge in [-0.25, -0.2) is 0 Å². The normalized spacial score (nSPS) is 10.5. The van der Waals surface area contributed by atoms with Crippen LogP contribution in [0, 0.1) is 5.92 Å². The van der Waals surface area contributed by atoms with Crippen molar-refractivity contribution in [2.45, 2.75) is 26.7 Å². The molecule has 0 unspecified atom stereocenters. The number of rotatable bonds is 7. The zero-order chi connectivity index (χ0) is 13.5. The molecule has 0 bridgehead atoms. The van der Waals surface area contributed by atoms with E-state index in [-0.39, 0.29) is 0 Å². The Labute approximate surface area is 109 Å². The highest BCUT2D eigenvalue weighted by Gasteiger charge is 2.08. The molecule has 0 fully saturated rings. The Morgan fingerprint density at radius 3 is 2.33 bits per heavy atom. The maximum Gasteiger partial charge on any atom is 0.162 e. The molecule has 0 saturated carbocycles. The van der Waals surface area contributed by atoms with Gasteiger partial charge in [0.2, 0.25) is 0 Å². The standard InChI is InChI=1S/C14H24N2O2/c1-10(2)6-5-7-16-12-9-14(18-4)13(17-3)8-11(12)15/h8-10,16H,5-7,15H2,1-4H3. The van der Waals surface area contributed by atoms with E-state index < -0.39 is 0 Å². The quantitative estimate of drug-likeness (QED) is 0.578. The van der Waals surface area contributed by atoms with Crippen molar-refractivity contribution in [3.8, 4) is 11.5 Å². The van der Waals surface area contributed by atoms with Crippen molar-refractivity contribution >= 4 is 11.4 Å². The molecule has 4 nitrogen and oxygen atoms in total. The second kappa shape index (κ2) is 6.99. The van der Waals surface area contributed by atoms with Crippen LogP contribution in [-0.4, -0.2) is 20.8 Å². The van der Waals surface area contributed by atoms with Gasteiger partial charge in [-0.1, -0.05) is 13.8 Å². The van der Waals surface area contributed by atoms with Crippen LogP contribution in [0.25, 0.3) is 0 Å². The van der Waals surface area contributed by atoms with Gasteiger partial charge in [0.15, 0.2) is 11.5 Å². The minimum absolute atomic E-state index is 0.655. The predicted molar refractivity (Wildman–Crippen MR) is 76.5 cm³/mol. The highest BCUT2D eigenvalue weighted by atomic mass is 16.5. The second-order valence-electron chi connectivity index (χ2n) is 4.76. The fourth-order valence-electron chi connectivity index (χ4n) is 1.78. The van der Waals surface area contributed by atoms with Gasteiger partial charge in [-0.05, 0) is 18.8 Å². The first-order valence-electron chi connectivity index (χ1n) is 6.33. The van der Waals surface area contributed by atoms with Crippen molar-refractivity contribution in [3.63, 3.8) is 0 Å². The lowest BCUT2D eigenvalue weighted by molar-refractivity contribution is 0.355. The van der Waals surface area contributed by atoms with Crippen molar-refractivity contribution < 1.29 is 9.47 Å². The lowest BCUT2D eigenvalue weighted by Gasteiger charge is -2.14. The zero-order valence-electron chi connectivity index (χ0n) is 11.7. The molecule has 102 valence electrons. The lowest BCUT2D eigenvalue weighted by atomic mass is 10.1. The average molecular weight is 252 g/mol. The molecule has 0 aromatic heterocycles. The van der Waals surface area contributed by atoms with Crippen molar-refractivity contribution in [1.82, 2.24) is 0 Å². The Balaban J connectivity index is 2.65. The number of anilines is 2. The third-order valence-electron chi connectivity index (χ3n) is 2.83. The molecule has 4 heteroatoms. The number of nitrogen functional groups attached to an aromatic ring is 1. The van der Waals surface area contributed by atoms with Crippen molar-refractivity contribution in [2.24, 2.45) is 5.92 Å². The van der Waals surface area contributed by atoms with E-state index in [4.69, 9.17) is 15.2 Å². The largest absolute Gasteiger partial charge is 0.493 e. The number of hydrogen-bond acceptors (Lipinski definition) is 4. The lowest BCUT2D eigenvalue weighted by Crippen LogP contribution is -2.06. The van der Waals surface area contributed by atoms with E-state index in [9.17, 15) is 0 Å². The maximum atomic E-state index is 5.96. The zero-order valence-corrected chi connectivity index (χ0v) is 11.7. The Bertz CT molecular complexity index is 378. The summed E-state index contributed by atoms with van der Waals surface area (Å²) in [5.41, 5.74) is 7.54. The van der Waals surface area contributed by atoms with E-state index in [1.165, 1.54) is 6.42 Å². The van der Waals surface area contributed by atoms with Crippen LogP contribution in [0.3, 0.4) is 0 Å². The van der Waals surface area contributed by atoms with Gasteiger partial charge in [0.25, 0.3) is 0 Å². The van der Waals surface area contributed by atoms with Gasteiger partial charge in [-0.15, -0.1) is 0 Å². The molecule has 0 aliphatic rings. The molecule has 1 rings (SSSR count). The molecular formula is C14H24N2O2. The number of nitrogens with two attached hydrogens (primary N) is 1. The highest BCUT2D eigenvalue weighted by molar-refractivity contribution is 5.71. The van der Waals surface area contributed by atoms with Crippen LogP contribution < -0.4 is 20.5 Å². The molecule has 0 aliphatic heterocycles. The molecular weight excluding hydrogens is 228 g/mol. The summed E-state index contributed by atoms with van der Waals surface area (Å²) in [6.07, 6.45) is 2.34. The average Bonchev–Trinajstić information content (AvgIpc) is 2.35. The smallest absolute Gasteiger partial charge is 0.162 e. The summed E-state index contributed by atoms with van der Waals surface area (Å²) in [7, 11) is 3.23. The molecule has 0 spiro atoms. The summed E-state index contributed by atoms with van der Waals surface area (Å²) in [6.45, 7) is 5.37. The van der Waals surface area contributed by atoms with Crippen LogP contribution in [0.4, 0.5) is 11.4 Å². The van der Waals surface area contributed by atoms with Gasteiger partial charge in [0, 0.05) is 18.7 Å². The summed E-state index contributed by atoms with van der Waals surface area (Å²) in [6, 6.07) is 3.66. The third kappa shape index (κ3) is 4.02. The summed E-state index contributed by atoms with van der Waals surface area (Å²) < 4.78 is 10.5. The highest BCUT2D eigenvalue weighted by Crippen LogP contribution is 2.34. The fourth-order valence-corrected chi connectivity index (χ4v) is 1.78. The van der Waals surface area contributed by atoms with Crippen LogP contribution in [-0.2, 0) is 0 Å². The molecule has 0 saturated heterocycles. The Morgan fingerprint density at radius 1 is 1.17 bits per heavy atom. The first kappa shape index (κ1) is 14.5. The predicted octanol–water partition coefficient (Wildman–Crippen LogP) is 3.13. The number of methoxy groups -OCH3 is 2. The van der Waals surface area contributed by atoms with E-state index in [0.717, 1.165) is 24.6 Å². The summed E-state index contributed by atoms with van der Waals surface area (Å²) >= 11 is 0. The monoisotopic (exact) mass is 252 g/mol. The molecule has 0 atom stereocenters. The SMILES string of the molecule is COc1cc(N)c(NCCCC(C)C)cc1OC.